The van der Waals surface area contributed by atoms with Crippen LogP contribution in [-0.4, -0.2) is 19.1 Å². The predicted molar refractivity (Wildman–Crippen MR) is 83.0 cm³/mol. The normalized spacial score (nSPS) is 16.4. The molecule has 0 heterocycles. The van der Waals surface area contributed by atoms with E-state index in [1.54, 1.807) is 13.1 Å². The minimum absolute atomic E-state index is 0.365. The van der Waals surface area contributed by atoms with Crippen molar-refractivity contribution >= 4 is 34.4 Å². The van der Waals surface area contributed by atoms with Gasteiger partial charge in [-0.25, -0.2) is 0 Å². The van der Waals surface area contributed by atoms with Gasteiger partial charge in [0.15, 0.2) is 5.34 Å². The zero-order valence-electron chi connectivity index (χ0n) is 10.8. The molecule has 1 fully saturated rings. The van der Waals surface area contributed by atoms with Crippen LogP contribution in [0.2, 0.25) is 0 Å². The molecule has 0 aliphatic heterocycles. The summed E-state index contributed by atoms with van der Waals surface area (Å²) < 4.78 is 1.10. The molecule has 0 bridgehead atoms. The Labute approximate surface area is 122 Å². The predicted octanol–water partition coefficient (Wildman–Crippen LogP) is 4.90. The largest absolute Gasteiger partial charge is 0.364 e. The third-order valence-electron chi connectivity index (χ3n) is 2.56. The van der Waals surface area contributed by atoms with Gasteiger partial charge in [-0.1, -0.05) is 19.3 Å². The van der Waals surface area contributed by atoms with Crippen molar-refractivity contribution < 1.29 is 4.84 Å². The van der Waals surface area contributed by atoms with Gasteiger partial charge in [-0.05, 0) is 48.3 Å². The second-order valence-corrected chi connectivity index (χ2v) is 6.36. The number of halogens is 1. The van der Waals surface area contributed by atoms with Crippen molar-refractivity contribution in [2.24, 2.45) is 16.3 Å². The average Bonchev–Trinajstić information content (AvgIpc) is 2.40. The standard InChI is InChI=1S/C10H16BrNS.C2H5NO2/c1-12-7-10(11)13-8-9-5-3-2-4-6-9;1-2-5-3-4/h7,9H,1-6,8H2;2H2,1H3/b10-7-;. The Kier molecular flexibility index (Phi) is 12.8. The van der Waals surface area contributed by atoms with Crippen LogP contribution in [0.3, 0.4) is 0 Å². The Hall–Kier alpha value is -0.360. The molecule has 0 spiro atoms. The highest BCUT2D eigenvalue weighted by Crippen LogP contribution is 2.31. The van der Waals surface area contributed by atoms with Crippen LogP contribution in [0.15, 0.2) is 20.3 Å². The molecule has 6 heteroatoms. The molecule has 0 aromatic rings. The molecule has 1 rings (SSSR count). The third-order valence-corrected chi connectivity index (χ3v) is 4.47. The van der Waals surface area contributed by atoms with Crippen molar-refractivity contribution in [3.05, 3.63) is 14.9 Å². The zero-order chi connectivity index (χ0) is 13.6. The molecule has 0 aromatic carbocycles. The maximum absolute atomic E-state index is 8.93. The average molecular weight is 337 g/mol. The van der Waals surface area contributed by atoms with Gasteiger partial charge in [0.2, 0.25) is 0 Å². The fraction of sp³-hybridized carbons (Fsp3) is 0.750. The second kappa shape index (κ2) is 13.1. The van der Waals surface area contributed by atoms with Gasteiger partial charge in [0, 0.05) is 12.0 Å². The molecular weight excluding hydrogens is 316 g/mol. The van der Waals surface area contributed by atoms with Crippen molar-refractivity contribution in [3.63, 3.8) is 0 Å². The van der Waals surface area contributed by atoms with Crippen LogP contribution in [0.1, 0.15) is 39.0 Å². The Morgan fingerprint density at radius 1 is 1.50 bits per heavy atom. The van der Waals surface area contributed by atoms with E-state index in [0.717, 1.165) is 9.73 Å². The summed E-state index contributed by atoms with van der Waals surface area (Å²) in [5.74, 6) is 2.15. The van der Waals surface area contributed by atoms with Crippen LogP contribution >= 0.6 is 27.7 Å². The smallest absolute Gasteiger partial charge is 0.155 e. The van der Waals surface area contributed by atoms with E-state index in [1.807, 2.05) is 11.8 Å². The summed E-state index contributed by atoms with van der Waals surface area (Å²) >= 11 is 5.31. The molecule has 104 valence electrons. The topological polar surface area (TPSA) is 51.0 Å². The first-order chi connectivity index (χ1) is 8.74. The number of thioether (sulfide) groups is 1. The molecular formula is C12H21BrN2O2S. The van der Waals surface area contributed by atoms with Crippen molar-refractivity contribution in [1.29, 1.82) is 0 Å². The van der Waals surface area contributed by atoms with Crippen LogP contribution in [-0.2, 0) is 4.84 Å². The number of nitrogens with zero attached hydrogens (tertiary/aromatic N) is 2. The lowest BCUT2D eigenvalue weighted by Gasteiger charge is -2.20. The van der Waals surface area contributed by atoms with Gasteiger partial charge in [-0.3, -0.25) is 4.99 Å². The van der Waals surface area contributed by atoms with Crippen LogP contribution in [0, 0.1) is 10.8 Å². The molecule has 4 nitrogen and oxygen atoms in total. The molecule has 0 radical (unpaired) electrons. The molecule has 0 aromatic heterocycles. The first-order valence-electron chi connectivity index (χ1n) is 6.13. The highest BCUT2D eigenvalue weighted by molar-refractivity contribution is 9.14. The molecule has 1 aliphatic rings. The Morgan fingerprint density at radius 3 is 2.61 bits per heavy atom. The van der Waals surface area contributed by atoms with Gasteiger partial charge in [0.1, 0.15) is 6.61 Å². The lowest BCUT2D eigenvalue weighted by molar-refractivity contribution is 0.154. The maximum Gasteiger partial charge on any atom is 0.155 e. The molecule has 1 aliphatic carbocycles. The maximum atomic E-state index is 8.93. The van der Waals surface area contributed by atoms with Gasteiger partial charge >= 0.3 is 0 Å². The van der Waals surface area contributed by atoms with E-state index < -0.39 is 0 Å². The molecule has 18 heavy (non-hydrogen) atoms. The lowest BCUT2D eigenvalue weighted by atomic mass is 9.91. The summed E-state index contributed by atoms with van der Waals surface area (Å²) in [6.45, 7) is 5.49. The summed E-state index contributed by atoms with van der Waals surface area (Å²) in [6, 6.07) is 0. The highest BCUT2D eigenvalue weighted by atomic mass is 79.9. The number of aliphatic imine (C=N–C) groups is 1. The quantitative estimate of drug-likeness (QED) is 0.393. The monoisotopic (exact) mass is 336 g/mol. The zero-order valence-corrected chi connectivity index (χ0v) is 13.2. The van der Waals surface area contributed by atoms with Gasteiger partial charge in [-0.2, -0.15) is 0 Å². The van der Waals surface area contributed by atoms with E-state index in [1.165, 1.54) is 37.9 Å². The van der Waals surface area contributed by atoms with Gasteiger partial charge in [-0.15, -0.1) is 16.7 Å². The summed E-state index contributed by atoms with van der Waals surface area (Å²) in [6.07, 6.45) is 8.88. The Bertz CT molecular complexity index is 256. The van der Waals surface area contributed by atoms with Gasteiger partial charge in [0.25, 0.3) is 0 Å². The molecule has 0 amide bonds. The molecule has 0 unspecified atom stereocenters. The van der Waals surface area contributed by atoms with E-state index in [2.05, 4.69) is 37.8 Å². The molecule has 0 atom stereocenters. The molecule has 0 N–H and O–H groups in total. The SMILES string of the molecule is C=N/C=C(/Br)SCC1CCCCC1.CCON=O. The summed E-state index contributed by atoms with van der Waals surface area (Å²) in [5.41, 5.74) is 0. The summed E-state index contributed by atoms with van der Waals surface area (Å²) in [7, 11) is 0. The minimum Gasteiger partial charge on any atom is -0.364 e. The van der Waals surface area contributed by atoms with Crippen LogP contribution in [0.4, 0.5) is 0 Å². The first kappa shape index (κ1) is 17.6. The van der Waals surface area contributed by atoms with Gasteiger partial charge in [0.05, 0.1) is 3.81 Å². The third kappa shape index (κ3) is 10.8. The second-order valence-electron chi connectivity index (χ2n) is 3.92. The van der Waals surface area contributed by atoms with Crippen molar-refractivity contribution in [3.8, 4) is 0 Å². The van der Waals surface area contributed by atoms with E-state index >= 15 is 0 Å². The van der Waals surface area contributed by atoms with E-state index in [0.29, 0.717) is 6.61 Å². The lowest BCUT2D eigenvalue weighted by Crippen LogP contribution is -2.08. The Balaban J connectivity index is 0.000000494. The van der Waals surface area contributed by atoms with Crippen molar-refractivity contribution in [2.75, 3.05) is 12.4 Å². The van der Waals surface area contributed by atoms with Gasteiger partial charge < -0.3 is 4.84 Å². The van der Waals surface area contributed by atoms with Crippen LogP contribution in [0.5, 0.6) is 0 Å². The number of rotatable bonds is 6. The number of hydrogen-bond donors (Lipinski definition) is 0. The molecule has 1 saturated carbocycles. The van der Waals surface area contributed by atoms with E-state index in [-0.39, 0.29) is 0 Å². The van der Waals surface area contributed by atoms with Crippen LogP contribution < -0.4 is 0 Å². The molecule has 0 saturated heterocycles. The number of hydrogen-bond acceptors (Lipinski definition) is 5. The van der Waals surface area contributed by atoms with Crippen molar-refractivity contribution in [2.45, 2.75) is 39.0 Å². The van der Waals surface area contributed by atoms with Crippen LogP contribution in [0.25, 0.3) is 0 Å². The summed E-state index contributed by atoms with van der Waals surface area (Å²) in [5, 5.41) is 2.10. The van der Waals surface area contributed by atoms with Crippen molar-refractivity contribution in [1.82, 2.24) is 0 Å². The Morgan fingerprint density at radius 2 is 2.17 bits per heavy atom. The highest BCUT2D eigenvalue weighted by Gasteiger charge is 2.13. The van der Waals surface area contributed by atoms with E-state index in [9.17, 15) is 0 Å². The fourth-order valence-electron chi connectivity index (χ4n) is 1.71. The fourth-order valence-corrected chi connectivity index (χ4v) is 3.13. The minimum atomic E-state index is 0.365. The summed E-state index contributed by atoms with van der Waals surface area (Å²) in [4.78, 5) is 16.6. The van der Waals surface area contributed by atoms with E-state index in [4.69, 9.17) is 4.91 Å². The first-order valence-corrected chi connectivity index (χ1v) is 7.91.